The summed E-state index contributed by atoms with van der Waals surface area (Å²) in [6.45, 7) is 0.194. The predicted octanol–water partition coefficient (Wildman–Crippen LogP) is 2.18. The normalized spacial score (nSPS) is 16.2. The van der Waals surface area contributed by atoms with E-state index in [1.54, 1.807) is 12.1 Å². The van der Waals surface area contributed by atoms with E-state index in [4.69, 9.17) is 17.3 Å². The number of carbonyl (C=O) groups excluding carboxylic acids is 2. The van der Waals surface area contributed by atoms with E-state index in [-0.39, 0.29) is 39.9 Å². The number of carboxylic acid groups (broad SMARTS) is 1. The van der Waals surface area contributed by atoms with Crippen LogP contribution in [-0.2, 0) is 9.59 Å². The van der Waals surface area contributed by atoms with Gasteiger partial charge in [-0.2, -0.15) is 0 Å². The van der Waals surface area contributed by atoms with E-state index in [9.17, 15) is 19.5 Å². The van der Waals surface area contributed by atoms with Crippen LogP contribution < -0.4 is 0 Å². The molecule has 120 valence electrons. The van der Waals surface area contributed by atoms with Gasteiger partial charge in [0.2, 0.25) is 0 Å². The number of aromatic hydroxyl groups is 1. The number of benzene rings is 1. The molecule has 1 heterocycles. The minimum atomic E-state index is -0.944. The van der Waals surface area contributed by atoms with Crippen LogP contribution >= 0.6 is 24.0 Å². The molecule has 0 unspecified atom stereocenters. The van der Waals surface area contributed by atoms with Crippen LogP contribution in [0.4, 0.5) is 0 Å². The Morgan fingerprint density at radius 3 is 2.65 bits per heavy atom. The van der Waals surface area contributed by atoms with Gasteiger partial charge in [0.15, 0.2) is 5.78 Å². The number of phenolic OH excluding ortho intramolecular Hbond substituents is 1. The summed E-state index contributed by atoms with van der Waals surface area (Å²) in [6.07, 6.45) is 1.36. The maximum atomic E-state index is 12.2. The second kappa shape index (κ2) is 7.38. The molecule has 8 heteroatoms. The van der Waals surface area contributed by atoms with Gasteiger partial charge in [0.25, 0.3) is 5.91 Å². The molecule has 23 heavy (non-hydrogen) atoms. The van der Waals surface area contributed by atoms with Crippen molar-refractivity contribution < 1.29 is 24.6 Å². The minimum absolute atomic E-state index is 0.0626. The van der Waals surface area contributed by atoms with Crippen LogP contribution in [0.2, 0.25) is 0 Å². The van der Waals surface area contributed by atoms with Crippen LogP contribution in [0.3, 0.4) is 0 Å². The first kappa shape index (κ1) is 17.2. The van der Waals surface area contributed by atoms with Crippen molar-refractivity contribution in [2.75, 3.05) is 6.54 Å². The number of aliphatic carboxylic acids is 1. The first-order valence-corrected chi connectivity index (χ1v) is 7.92. The lowest BCUT2D eigenvalue weighted by Gasteiger charge is -2.13. The third kappa shape index (κ3) is 4.17. The third-order valence-electron chi connectivity index (χ3n) is 3.08. The van der Waals surface area contributed by atoms with E-state index in [2.05, 4.69) is 0 Å². The summed E-state index contributed by atoms with van der Waals surface area (Å²) < 4.78 is 0.289. The number of thioether (sulfide) groups is 1. The van der Waals surface area contributed by atoms with E-state index in [0.29, 0.717) is 0 Å². The van der Waals surface area contributed by atoms with Crippen LogP contribution in [0.1, 0.15) is 23.2 Å². The molecule has 1 aromatic carbocycles. The highest BCUT2D eigenvalue weighted by Crippen LogP contribution is 2.32. The summed E-state index contributed by atoms with van der Waals surface area (Å²) in [5.74, 6) is -2.02. The van der Waals surface area contributed by atoms with Gasteiger partial charge in [-0.15, -0.1) is 0 Å². The Kier molecular flexibility index (Phi) is 5.51. The Balaban J connectivity index is 2.11. The van der Waals surface area contributed by atoms with E-state index >= 15 is 0 Å². The van der Waals surface area contributed by atoms with Gasteiger partial charge in [0.05, 0.1) is 10.5 Å². The second-order valence-corrected chi connectivity index (χ2v) is 6.39. The average molecular weight is 351 g/mol. The van der Waals surface area contributed by atoms with E-state index < -0.39 is 17.7 Å². The quantitative estimate of drug-likeness (QED) is 0.461. The lowest BCUT2D eigenvalue weighted by molar-refractivity contribution is -0.137. The summed E-state index contributed by atoms with van der Waals surface area (Å²) in [7, 11) is 0. The lowest BCUT2D eigenvalue weighted by Crippen LogP contribution is -2.29. The highest BCUT2D eigenvalue weighted by atomic mass is 32.2. The number of nitrogens with zero attached hydrogens (tertiary/aromatic N) is 1. The molecule has 1 fully saturated rings. The molecule has 0 aromatic heterocycles. The number of amides is 1. The van der Waals surface area contributed by atoms with Crippen molar-refractivity contribution in [1.82, 2.24) is 4.90 Å². The highest BCUT2D eigenvalue weighted by molar-refractivity contribution is 8.26. The average Bonchev–Trinajstić information content (AvgIpc) is 2.74. The van der Waals surface area contributed by atoms with Crippen LogP contribution in [0, 0.1) is 0 Å². The number of phenols is 1. The van der Waals surface area contributed by atoms with Crippen LogP contribution in [-0.4, -0.2) is 43.6 Å². The molecule has 1 saturated heterocycles. The zero-order valence-corrected chi connectivity index (χ0v) is 13.5. The van der Waals surface area contributed by atoms with Gasteiger partial charge >= 0.3 is 5.97 Å². The van der Waals surface area contributed by atoms with Gasteiger partial charge in [-0.3, -0.25) is 19.3 Å². The topological polar surface area (TPSA) is 94.9 Å². The van der Waals surface area contributed by atoms with Crippen molar-refractivity contribution in [2.45, 2.75) is 12.8 Å². The molecule has 1 aliphatic heterocycles. The molecule has 0 spiro atoms. The fraction of sp³-hybridized carbons (Fsp3) is 0.200. The van der Waals surface area contributed by atoms with Crippen molar-refractivity contribution in [1.29, 1.82) is 0 Å². The SMILES string of the molecule is O=C(O)CCCN1C(=O)/C(=C/C(=O)c2ccccc2O)SC1=S. The fourth-order valence-corrected chi connectivity index (χ4v) is 3.24. The predicted molar refractivity (Wildman–Crippen MR) is 89.3 cm³/mol. The molecule has 6 nitrogen and oxygen atoms in total. The molecule has 0 aliphatic carbocycles. The number of rotatable bonds is 6. The standard InChI is InChI=1S/C15H13NO5S2/c17-10-5-2-1-4-9(10)11(18)8-12-14(21)16(15(22)23-12)7-3-6-13(19)20/h1-2,4-5,8,17H,3,6-7H2,(H,19,20)/b12-8-. The zero-order valence-electron chi connectivity index (χ0n) is 11.9. The van der Waals surface area contributed by atoms with Crippen molar-refractivity contribution in [3.8, 4) is 5.75 Å². The van der Waals surface area contributed by atoms with Gasteiger partial charge in [0, 0.05) is 19.0 Å². The Labute approximate surface area is 141 Å². The molecule has 0 bridgehead atoms. The largest absolute Gasteiger partial charge is 0.507 e. The highest BCUT2D eigenvalue weighted by Gasteiger charge is 2.32. The Hall–Kier alpha value is -2.19. The second-order valence-electron chi connectivity index (χ2n) is 4.71. The molecule has 0 atom stereocenters. The van der Waals surface area contributed by atoms with Crippen LogP contribution in [0.5, 0.6) is 5.75 Å². The molecule has 1 aliphatic rings. The molecule has 1 aromatic rings. The lowest BCUT2D eigenvalue weighted by atomic mass is 10.1. The number of ketones is 1. The Morgan fingerprint density at radius 1 is 1.30 bits per heavy atom. The Morgan fingerprint density at radius 2 is 2.00 bits per heavy atom. The summed E-state index contributed by atoms with van der Waals surface area (Å²) >= 11 is 6.08. The molecule has 0 saturated carbocycles. The van der Waals surface area contributed by atoms with Crippen molar-refractivity contribution >= 4 is 46.0 Å². The van der Waals surface area contributed by atoms with Gasteiger partial charge in [-0.05, 0) is 18.6 Å². The summed E-state index contributed by atoms with van der Waals surface area (Å²) in [4.78, 5) is 36.3. The molecular formula is C15H13NO5S2. The molecule has 1 amide bonds. The summed E-state index contributed by atoms with van der Waals surface area (Å²) in [6, 6.07) is 6.05. The Bertz CT molecular complexity index is 714. The minimum Gasteiger partial charge on any atom is -0.507 e. The van der Waals surface area contributed by atoms with Crippen LogP contribution in [0.15, 0.2) is 35.2 Å². The molecular weight excluding hydrogens is 338 g/mol. The van der Waals surface area contributed by atoms with E-state index in [1.165, 1.54) is 17.0 Å². The first-order chi connectivity index (χ1) is 10.9. The first-order valence-electron chi connectivity index (χ1n) is 6.69. The molecule has 2 N–H and O–H groups in total. The number of para-hydroxylation sites is 1. The summed E-state index contributed by atoms with van der Waals surface area (Å²) in [5.41, 5.74) is 0.101. The van der Waals surface area contributed by atoms with Crippen molar-refractivity contribution in [2.24, 2.45) is 0 Å². The van der Waals surface area contributed by atoms with E-state index in [1.807, 2.05) is 0 Å². The summed E-state index contributed by atoms with van der Waals surface area (Å²) in [5, 5.41) is 18.3. The number of carboxylic acids is 1. The third-order valence-corrected chi connectivity index (χ3v) is 4.46. The van der Waals surface area contributed by atoms with E-state index in [0.717, 1.165) is 17.8 Å². The molecule has 2 rings (SSSR count). The zero-order chi connectivity index (χ0) is 17.0. The van der Waals surface area contributed by atoms with Gasteiger partial charge in [0.1, 0.15) is 10.1 Å². The maximum Gasteiger partial charge on any atom is 0.303 e. The van der Waals surface area contributed by atoms with Gasteiger partial charge in [-0.1, -0.05) is 36.1 Å². The van der Waals surface area contributed by atoms with Crippen molar-refractivity contribution in [3.05, 3.63) is 40.8 Å². The smallest absolute Gasteiger partial charge is 0.303 e. The monoisotopic (exact) mass is 351 g/mol. The number of thiocarbonyl (C=S) groups is 1. The maximum absolute atomic E-state index is 12.2. The fourth-order valence-electron chi connectivity index (χ4n) is 1.96. The van der Waals surface area contributed by atoms with Crippen LogP contribution in [0.25, 0.3) is 0 Å². The molecule has 0 radical (unpaired) electrons. The number of hydrogen-bond acceptors (Lipinski definition) is 6. The number of hydrogen-bond donors (Lipinski definition) is 2. The van der Waals surface area contributed by atoms with Gasteiger partial charge < -0.3 is 10.2 Å². The van der Waals surface area contributed by atoms with Crippen molar-refractivity contribution in [3.63, 3.8) is 0 Å². The van der Waals surface area contributed by atoms with Gasteiger partial charge in [-0.25, -0.2) is 0 Å². The number of allylic oxidation sites excluding steroid dienone is 1. The number of carbonyl (C=O) groups is 3.